The van der Waals surface area contributed by atoms with Crippen LogP contribution in [0.3, 0.4) is 0 Å². The van der Waals surface area contributed by atoms with Crippen LogP contribution in [0.4, 0.5) is 0 Å². The van der Waals surface area contributed by atoms with E-state index in [9.17, 15) is 9.59 Å². The molecule has 0 radical (unpaired) electrons. The SMILES string of the molecule is CCC[C@@H](C)NC(=O)COC(=O)c1oc2ccc(Cl)cc2c1C. The van der Waals surface area contributed by atoms with Crippen molar-refractivity contribution < 1.29 is 18.7 Å². The molecule has 1 aromatic carbocycles. The number of hydrogen-bond donors (Lipinski definition) is 1. The maximum absolute atomic E-state index is 12.1. The Kier molecular flexibility index (Phi) is 5.66. The van der Waals surface area contributed by atoms with Gasteiger partial charge in [-0.3, -0.25) is 4.79 Å². The van der Waals surface area contributed by atoms with E-state index < -0.39 is 5.97 Å². The van der Waals surface area contributed by atoms with E-state index in [4.69, 9.17) is 20.8 Å². The molecule has 6 heteroatoms. The van der Waals surface area contributed by atoms with Crippen molar-refractivity contribution in [3.05, 3.63) is 34.5 Å². The van der Waals surface area contributed by atoms with Gasteiger partial charge in [-0.05, 0) is 38.5 Å². The van der Waals surface area contributed by atoms with E-state index in [2.05, 4.69) is 5.32 Å². The number of furan rings is 1. The molecular weight excluding hydrogens is 318 g/mol. The summed E-state index contributed by atoms with van der Waals surface area (Å²) >= 11 is 5.95. The van der Waals surface area contributed by atoms with Gasteiger partial charge in [-0.15, -0.1) is 0 Å². The molecule has 0 saturated carbocycles. The van der Waals surface area contributed by atoms with E-state index >= 15 is 0 Å². The number of esters is 1. The fourth-order valence-electron chi connectivity index (χ4n) is 2.41. The molecule has 0 unspecified atom stereocenters. The molecule has 124 valence electrons. The van der Waals surface area contributed by atoms with E-state index in [-0.39, 0.29) is 24.3 Å². The number of amides is 1. The van der Waals surface area contributed by atoms with E-state index in [1.54, 1.807) is 25.1 Å². The average molecular weight is 338 g/mol. The largest absolute Gasteiger partial charge is 0.450 e. The minimum atomic E-state index is -0.659. The average Bonchev–Trinajstić information content (AvgIpc) is 2.82. The third-order valence-corrected chi connectivity index (χ3v) is 3.78. The lowest BCUT2D eigenvalue weighted by molar-refractivity contribution is -0.124. The van der Waals surface area contributed by atoms with Crippen molar-refractivity contribution >= 4 is 34.4 Å². The highest BCUT2D eigenvalue weighted by Gasteiger charge is 2.20. The number of aryl methyl sites for hydroxylation is 1. The number of benzene rings is 1. The van der Waals surface area contributed by atoms with Crippen LogP contribution >= 0.6 is 11.6 Å². The zero-order chi connectivity index (χ0) is 17.0. The van der Waals surface area contributed by atoms with Gasteiger partial charge in [-0.25, -0.2) is 4.79 Å². The number of carbonyl (C=O) groups is 2. The molecule has 2 rings (SSSR count). The van der Waals surface area contributed by atoms with Gasteiger partial charge in [0.25, 0.3) is 5.91 Å². The highest BCUT2D eigenvalue weighted by molar-refractivity contribution is 6.31. The van der Waals surface area contributed by atoms with E-state index in [0.29, 0.717) is 16.2 Å². The molecule has 2 aromatic rings. The molecule has 0 saturated heterocycles. The lowest BCUT2D eigenvalue weighted by Crippen LogP contribution is -2.35. The number of carbonyl (C=O) groups excluding carboxylic acids is 2. The number of fused-ring (bicyclic) bond motifs is 1. The van der Waals surface area contributed by atoms with E-state index in [1.807, 2.05) is 13.8 Å². The molecular formula is C17H20ClNO4. The Labute approximate surface area is 139 Å². The Morgan fingerprint density at radius 1 is 1.39 bits per heavy atom. The molecule has 0 spiro atoms. The third-order valence-electron chi connectivity index (χ3n) is 3.55. The van der Waals surface area contributed by atoms with Gasteiger partial charge in [-0.1, -0.05) is 24.9 Å². The summed E-state index contributed by atoms with van der Waals surface area (Å²) < 4.78 is 10.5. The molecule has 0 aliphatic carbocycles. The van der Waals surface area contributed by atoms with Crippen molar-refractivity contribution in [1.29, 1.82) is 0 Å². The van der Waals surface area contributed by atoms with Crippen molar-refractivity contribution in [1.82, 2.24) is 5.32 Å². The molecule has 1 atom stereocenters. The predicted molar refractivity (Wildman–Crippen MR) is 88.8 cm³/mol. The van der Waals surface area contributed by atoms with E-state index in [1.165, 1.54) is 0 Å². The quantitative estimate of drug-likeness (QED) is 0.813. The number of halogens is 1. The summed E-state index contributed by atoms with van der Waals surface area (Å²) in [6.45, 7) is 5.38. The Morgan fingerprint density at radius 2 is 2.13 bits per heavy atom. The standard InChI is InChI=1S/C17H20ClNO4/c1-4-5-10(2)19-15(20)9-22-17(21)16-11(3)13-8-12(18)6-7-14(13)23-16/h6-8,10H,4-5,9H2,1-3H3,(H,19,20)/t10-/m1/s1. The van der Waals surface area contributed by atoms with Crippen LogP contribution in [0.15, 0.2) is 22.6 Å². The zero-order valence-electron chi connectivity index (χ0n) is 13.4. The van der Waals surface area contributed by atoms with Crippen molar-refractivity contribution in [2.24, 2.45) is 0 Å². The van der Waals surface area contributed by atoms with Crippen LogP contribution in [0.25, 0.3) is 11.0 Å². The van der Waals surface area contributed by atoms with Crippen LogP contribution < -0.4 is 5.32 Å². The molecule has 23 heavy (non-hydrogen) atoms. The molecule has 0 aliphatic heterocycles. The Bertz CT molecular complexity index is 723. The van der Waals surface area contributed by atoms with Gasteiger partial charge < -0.3 is 14.5 Å². The minimum absolute atomic E-state index is 0.0567. The fourth-order valence-corrected chi connectivity index (χ4v) is 2.58. The molecule has 1 N–H and O–H groups in total. The Balaban J connectivity index is 2.01. The van der Waals surface area contributed by atoms with Gasteiger partial charge in [0.1, 0.15) is 5.58 Å². The van der Waals surface area contributed by atoms with Crippen LogP contribution in [0.5, 0.6) is 0 Å². The minimum Gasteiger partial charge on any atom is -0.450 e. The zero-order valence-corrected chi connectivity index (χ0v) is 14.2. The van der Waals surface area contributed by atoms with Crippen molar-refractivity contribution in [3.8, 4) is 0 Å². The first-order valence-corrected chi connectivity index (χ1v) is 7.95. The maximum Gasteiger partial charge on any atom is 0.375 e. The molecule has 1 heterocycles. The lowest BCUT2D eigenvalue weighted by Gasteiger charge is -2.12. The monoisotopic (exact) mass is 337 g/mol. The molecule has 0 bridgehead atoms. The van der Waals surface area contributed by atoms with E-state index in [0.717, 1.165) is 18.2 Å². The number of nitrogens with one attached hydrogen (secondary N) is 1. The first-order valence-electron chi connectivity index (χ1n) is 7.57. The Morgan fingerprint density at radius 3 is 2.83 bits per heavy atom. The van der Waals surface area contributed by atoms with Crippen LogP contribution in [0, 0.1) is 6.92 Å². The summed E-state index contributed by atoms with van der Waals surface area (Å²) in [5.41, 5.74) is 1.20. The summed E-state index contributed by atoms with van der Waals surface area (Å²) in [4.78, 5) is 23.8. The van der Waals surface area contributed by atoms with Crippen LogP contribution in [-0.4, -0.2) is 24.5 Å². The Hall–Kier alpha value is -2.01. The van der Waals surface area contributed by atoms with Crippen molar-refractivity contribution in [2.75, 3.05) is 6.61 Å². The van der Waals surface area contributed by atoms with Crippen LogP contribution in [-0.2, 0) is 9.53 Å². The van der Waals surface area contributed by atoms with Crippen molar-refractivity contribution in [3.63, 3.8) is 0 Å². The normalized spacial score (nSPS) is 12.2. The second-order valence-electron chi connectivity index (χ2n) is 5.53. The second-order valence-corrected chi connectivity index (χ2v) is 5.97. The van der Waals surface area contributed by atoms with Gasteiger partial charge in [0.05, 0.1) is 0 Å². The first kappa shape index (κ1) is 17.3. The third kappa shape index (κ3) is 4.26. The number of hydrogen-bond acceptors (Lipinski definition) is 4. The van der Waals surface area contributed by atoms with Gasteiger partial charge in [0.2, 0.25) is 5.76 Å². The maximum atomic E-state index is 12.1. The highest BCUT2D eigenvalue weighted by Crippen LogP contribution is 2.28. The molecule has 1 amide bonds. The summed E-state index contributed by atoms with van der Waals surface area (Å²) in [5, 5.41) is 4.09. The summed E-state index contributed by atoms with van der Waals surface area (Å²) in [6, 6.07) is 5.16. The summed E-state index contributed by atoms with van der Waals surface area (Å²) in [5.74, 6) is -0.888. The summed E-state index contributed by atoms with van der Waals surface area (Å²) in [7, 11) is 0. The number of rotatable bonds is 6. The topological polar surface area (TPSA) is 68.5 Å². The molecule has 0 fully saturated rings. The van der Waals surface area contributed by atoms with Crippen LogP contribution in [0.2, 0.25) is 5.02 Å². The predicted octanol–water partition coefficient (Wildman–Crippen LogP) is 3.86. The molecule has 0 aliphatic rings. The highest BCUT2D eigenvalue weighted by atomic mass is 35.5. The van der Waals surface area contributed by atoms with Gasteiger partial charge in [0, 0.05) is 22.0 Å². The van der Waals surface area contributed by atoms with Crippen LogP contribution in [0.1, 0.15) is 42.8 Å². The fraction of sp³-hybridized carbons (Fsp3) is 0.412. The van der Waals surface area contributed by atoms with Gasteiger partial charge >= 0.3 is 5.97 Å². The van der Waals surface area contributed by atoms with Gasteiger partial charge in [-0.2, -0.15) is 0 Å². The van der Waals surface area contributed by atoms with Gasteiger partial charge in [0.15, 0.2) is 6.61 Å². The number of ether oxygens (including phenoxy) is 1. The first-order chi connectivity index (χ1) is 10.9. The second kappa shape index (κ2) is 7.51. The molecule has 1 aromatic heterocycles. The smallest absolute Gasteiger partial charge is 0.375 e. The summed E-state index contributed by atoms with van der Waals surface area (Å²) in [6.07, 6.45) is 1.85. The van der Waals surface area contributed by atoms with Crippen molar-refractivity contribution in [2.45, 2.75) is 39.7 Å². The lowest BCUT2D eigenvalue weighted by atomic mass is 10.1. The molecule has 5 nitrogen and oxygen atoms in total.